The lowest BCUT2D eigenvalue weighted by molar-refractivity contribution is 0.0280. The van der Waals surface area contributed by atoms with Gasteiger partial charge in [0.15, 0.2) is 0 Å². The molecule has 0 saturated heterocycles. The van der Waals surface area contributed by atoms with Gasteiger partial charge in [-0.05, 0) is 48.8 Å². The zero-order valence-corrected chi connectivity index (χ0v) is 10.2. The van der Waals surface area contributed by atoms with Crippen molar-refractivity contribution in [3.05, 3.63) is 0 Å². The molecule has 0 aliphatic heterocycles. The third-order valence-electron chi connectivity index (χ3n) is 2.97. The summed E-state index contributed by atoms with van der Waals surface area (Å²) >= 11 is 0. The SMILES string of the molecule is CNCC(C)(C)N(C)C(C)(C)NC. The second-order valence-electron chi connectivity index (χ2n) is 4.71. The van der Waals surface area contributed by atoms with Crippen molar-refractivity contribution in [2.45, 2.75) is 38.9 Å². The third kappa shape index (κ3) is 3.25. The molecule has 3 heteroatoms. The number of hydrogen-bond donors (Lipinski definition) is 2. The molecule has 0 radical (unpaired) electrons. The van der Waals surface area contributed by atoms with Gasteiger partial charge < -0.3 is 10.6 Å². The van der Waals surface area contributed by atoms with E-state index in [4.69, 9.17) is 0 Å². The van der Waals surface area contributed by atoms with Crippen LogP contribution in [-0.4, -0.2) is 43.8 Å². The molecule has 0 saturated carbocycles. The molecule has 0 rings (SSSR count). The van der Waals surface area contributed by atoms with E-state index in [1.165, 1.54) is 0 Å². The van der Waals surface area contributed by atoms with Gasteiger partial charge in [0.1, 0.15) is 0 Å². The maximum absolute atomic E-state index is 3.30. The molecule has 0 aromatic heterocycles. The molecule has 80 valence electrons. The summed E-state index contributed by atoms with van der Waals surface area (Å²) in [5, 5.41) is 6.52. The Labute approximate surface area is 82.9 Å². The standard InChI is InChI=1S/C10H25N3/c1-9(2,8-11-5)13(7)10(3,4)12-6/h11-12H,8H2,1-7H3. The summed E-state index contributed by atoms with van der Waals surface area (Å²) in [6, 6.07) is 0. The Balaban J connectivity index is 4.47. The first-order valence-corrected chi connectivity index (χ1v) is 4.85. The molecule has 3 nitrogen and oxygen atoms in total. The molecule has 0 amide bonds. The molecule has 0 aromatic rings. The van der Waals surface area contributed by atoms with Gasteiger partial charge in [-0.3, -0.25) is 4.90 Å². The molecule has 0 unspecified atom stereocenters. The van der Waals surface area contributed by atoms with Crippen molar-refractivity contribution in [2.24, 2.45) is 0 Å². The fraction of sp³-hybridized carbons (Fsp3) is 1.00. The van der Waals surface area contributed by atoms with E-state index in [0.717, 1.165) is 6.54 Å². The number of likely N-dealkylation sites (N-methyl/N-ethyl adjacent to an activating group) is 2. The average Bonchev–Trinajstić information content (AvgIpc) is 2.03. The van der Waals surface area contributed by atoms with Gasteiger partial charge in [-0.15, -0.1) is 0 Å². The van der Waals surface area contributed by atoms with Gasteiger partial charge in [-0.2, -0.15) is 0 Å². The molecule has 0 atom stereocenters. The van der Waals surface area contributed by atoms with Crippen LogP contribution in [0.4, 0.5) is 0 Å². The molecule has 0 heterocycles. The lowest BCUT2D eigenvalue weighted by Gasteiger charge is -2.46. The Morgan fingerprint density at radius 2 is 1.54 bits per heavy atom. The Morgan fingerprint density at radius 1 is 1.08 bits per heavy atom. The molecular formula is C10H25N3. The summed E-state index contributed by atoms with van der Waals surface area (Å²) in [5.41, 5.74) is 0.182. The van der Waals surface area contributed by atoms with E-state index in [9.17, 15) is 0 Å². The molecule has 0 spiro atoms. The first-order chi connectivity index (χ1) is 5.78. The van der Waals surface area contributed by atoms with Crippen molar-refractivity contribution in [2.75, 3.05) is 27.7 Å². The number of nitrogens with zero attached hydrogens (tertiary/aromatic N) is 1. The Kier molecular flexibility index (Phi) is 4.36. The van der Waals surface area contributed by atoms with Crippen LogP contribution in [0.15, 0.2) is 0 Å². The minimum Gasteiger partial charge on any atom is -0.318 e. The van der Waals surface area contributed by atoms with Crippen molar-refractivity contribution in [3.63, 3.8) is 0 Å². The fourth-order valence-electron chi connectivity index (χ4n) is 1.48. The van der Waals surface area contributed by atoms with Crippen LogP contribution in [0.2, 0.25) is 0 Å². The summed E-state index contributed by atoms with van der Waals surface area (Å²) in [4.78, 5) is 2.34. The van der Waals surface area contributed by atoms with Gasteiger partial charge in [0.2, 0.25) is 0 Å². The Hall–Kier alpha value is -0.120. The fourth-order valence-corrected chi connectivity index (χ4v) is 1.48. The first-order valence-electron chi connectivity index (χ1n) is 4.85. The molecule has 0 aliphatic carbocycles. The summed E-state index contributed by atoms with van der Waals surface area (Å²) in [6.07, 6.45) is 0. The zero-order chi connectivity index (χ0) is 10.7. The van der Waals surface area contributed by atoms with E-state index < -0.39 is 0 Å². The molecule has 0 aliphatic rings. The third-order valence-corrected chi connectivity index (χ3v) is 2.97. The zero-order valence-electron chi connectivity index (χ0n) is 10.2. The van der Waals surface area contributed by atoms with Gasteiger partial charge in [-0.25, -0.2) is 0 Å². The smallest absolute Gasteiger partial charge is 0.0654 e. The molecule has 0 aromatic carbocycles. The summed E-state index contributed by atoms with van der Waals surface area (Å²) < 4.78 is 0. The maximum Gasteiger partial charge on any atom is 0.0654 e. The number of nitrogens with one attached hydrogen (secondary N) is 2. The molecule has 0 bridgehead atoms. The second kappa shape index (κ2) is 4.40. The van der Waals surface area contributed by atoms with E-state index in [0.29, 0.717) is 0 Å². The highest BCUT2D eigenvalue weighted by Gasteiger charge is 2.32. The quantitative estimate of drug-likeness (QED) is 0.626. The van der Waals surface area contributed by atoms with Crippen molar-refractivity contribution in [3.8, 4) is 0 Å². The van der Waals surface area contributed by atoms with Crippen LogP contribution in [0.5, 0.6) is 0 Å². The van der Waals surface area contributed by atoms with Crippen molar-refractivity contribution in [1.29, 1.82) is 0 Å². The number of rotatable bonds is 5. The van der Waals surface area contributed by atoms with E-state index in [-0.39, 0.29) is 11.2 Å². The largest absolute Gasteiger partial charge is 0.318 e. The summed E-state index contributed by atoms with van der Waals surface area (Å²) in [7, 11) is 6.13. The summed E-state index contributed by atoms with van der Waals surface area (Å²) in [5.74, 6) is 0. The van der Waals surface area contributed by atoms with E-state index in [1.807, 2.05) is 14.1 Å². The van der Waals surface area contributed by atoms with Crippen molar-refractivity contribution < 1.29 is 0 Å². The lowest BCUT2D eigenvalue weighted by Crippen LogP contribution is -2.61. The lowest BCUT2D eigenvalue weighted by atomic mass is 9.99. The van der Waals surface area contributed by atoms with Gasteiger partial charge in [0.25, 0.3) is 0 Å². The van der Waals surface area contributed by atoms with E-state index in [1.54, 1.807) is 0 Å². The van der Waals surface area contributed by atoms with Crippen LogP contribution >= 0.6 is 0 Å². The van der Waals surface area contributed by atoms with Gasteiger partial charge in [0.05, 0.1) is 5.66 Å². The molecule has 13 heavy (non-hydrogen) atoms. The summed E-state index contributed by atoms with van der Waals surface area (Å²) in [6.45, 7) is 9.83. The average molecular weight is 187 g/mol. The van der Waals surface area contributed by atoms with E-state index >= 15 is 0 Å². The Morgan fingerprint density at radius 3 is 1.85 bits per heavy atom. The number of hydrogen-bond acceptors (Lipinski definition) is 3. The normalized spacial score (nSPS) is 13.8. The minimum absolute atomic E-state index is 0.0281. The highest BCUT2D eigenvalue weighted by Crippen LogP contribution is 2.19. The van der Waals surface area contributed by atoms with Crippen molar-refractivity contribution >= 4 is 0 Å². The van der Waals surface area contributed by atoms with Crippen molar-refractivity contribution in [1.82, 2.24) is 15.5 Å². The van der Waals surface area contributed by atoms with Gasteiger partial charge >= 0.3 is 0 Å². The topological polar surface area (TPSA) is 27.3 Å². The van der Waals surface area contributed by atoms with Crippen LogP contribution in [0.1, 0.15) is 27.7 Å². The Bertz CT molecular complexity index is 152. The predicted molar refractivity (Wildman–Crippen MR) is 58.9 cm³/mol. The van der Waals surface area contributed by atoms with Gasteiger partial charge in [0, 0.05) is 12.1 Å². The van der Waals surface area contributed by atoms with Crippen LogP contribution < -0.4 is 10.6 Å². The van der Waals surface area contributed by atoms with Crippen LogP contribution in [0.3, 0.4) is 0 Å². The van der Waals surface area contributed by atoms with Gasteiger partial charge in [-0.1, -0.05) is 0 Å². The molecule has 0 fully saturated rings. The van der Waals surface area contributed by atoms with E-state index in [2.05, 4.69) is 50.3 Å². The minimum atomic E-state index is 0.0281. The highest BCUT2D eigenvalue weighted by molar-refractivity contribution is 4.89. The van der Waals surface area contributed by atoms with Crippen LogP contribution in [0, 0.1) is 0 Å². The monoisotopic (exact) mass is 187 g/mol. The highest BCUT2D eigenvalue weighted by atomic mass is 15.3. The molecule has 2 N–H and O–H groups in total. The molecular weight excluding hydrogens is 162 g/mol. The van der Waals surface area contributed by atoms with Crippen LogP contribution in [-0.2, 0) is 0 Å². The predicted octanol–water partition coefficient (Wildman–Crippen LogP) is 0.872. The second-order valence-corrected chi connectivity index (χ2v) is 4.71. The van der Waals surface area contributed by atoms with Crippen LogP contribution in [0.25, 0.3) is 0 Å². The first kappa shape index (κ1) is 12.9. The maximum atomic E-state index is 3.30.